The normalized spacial score (nSPS) is 12.5. The molecular formula is C19H29N3O3S. The van der Waals surface area contributed by atoms with Gasteiger partial charge in [-0.15, -0.1) is 0 Å². The zero-order valence-corrected chi connectivity index (χ0v) is 17.3. The standard InChI is InChI=1S/C19H29N3O3S/c1-14-9-16(19(3,4)5)10-18(15(14)2)26(23,24)21-12-17-11-20-13-22(17)7-8-25-6/h9-11,13,21H,7-8,12H2,1-6H3. The third-order valence-corrected chi connectivity index (χ3v) is 6.08. The van der Waals surface area contributed by atoms with E-state index in [0.29, 0.717) is 18.0 Å². The van der Waals surface area contributed by atoms with Crippen molar-refractivity contribution >= 4 is 10.0 Å². The zero-order valence-electron chi connectivity index (χ0n) is 16.5. The highest BCUT2D eigenvalue weighted by Crippen LogP contribution is 2.29. The monoisotopic (exact) mass is 379 g/mol. The number of methoxy groups -OCH3 is 1. The van der Waals surface area contributed by atoms with Crippen LogP contribution in [0.4, 0.5) is 0 Å². The van der Waals surface area contributed by atoms with Crippen LogP contribution in [0.25, 0.3) is 0 Å². The molecule has 0 spiro atoms. The predicted octanol–water partition coefficient (Wildman–Crippen LogP) is 2.92. The molecule has 0 aliphatic carbocycles. The first kappa shape index (κ1) is 20.6. The molecule has 0 bridgehead atoms. The van der Waals surface area contributed by atoms with Gasteiger partial charge in [-0.2, -0.15) is 0 Å². The van der Waals surface area contributed by atoms with E-state index in [1.165, 1.54) is 0 Å². The van der Waals surface area contributed by atoms with Crippen LogP contribution in [-0.2, 0) is 33.3 Å². The van der Waals surface area contributed by atoms with E-state index in [-0.39, 0.29) is 12.0 Å². The van der Waals surface area contributed by atoms with Crippen LogP contribution in [0.2, 0.25) is 0 Å². The van der Waals surface area contributed by atoms with Gasteiger partial charge >= 0.3 is 0 Å². The molecule has 0 radical (unpaired) electrons. The molecule has 1 aromatic heterocycles. The highest BCUT2D eigenvalue weighted by molar-refractivity contribution is 7.89. The summed E-state index contributed by atoms with van der Waals surface area (Å²) in [6, 6.07) is 3.85. The van der Waals surface area contributed by atoms with Crippen LogP contribution in [0, 0.1) is 13.8 Å². The molecule has 144 valence electrons. The Kier molecular flexibility index (Phi) is 6.26. The summed E-state index contributed by atoms with van der Waals surface area (Å²) in [5.74, 6) is 0. The van der Waals surface area contributed by atoms with Crippen LogP contribution in [0.15, 0.2) is 29.6 Å². The maximum Gasteiger partial charge on any atom is 0.241 e. The van der Waals surface area contributed by atoms with E-state index in [0.717, 1.165) is 22.4 Å². The zero-order chi connectivity index (χ0) is 19.5. The van der Waals surface area contributed by atoms with Gasteiger partial charge in [-0.1, -0.05) is 26.8 Å². The summed E-state index contributed by atoms with van der Waals surface area (Å²) in [6.45, 7) is 11.4. The van der Waals surface area contributed by atoms with Crippen molar-refractivity contribution in [2.45, 2.75) is 58.0 Å². The molecule has 1 N–H and O–H groups in total. The van der Waals surface area contributed by atoms with E-state index < -0.39 is 10.0 Å². The van der Waals surface area contributed by atoms with Crippen molar-refractivity contribution in [3.8, 4) is 0 Å². The number of rotatable bonds is 7. The lowest BCUT2D eigenvalue weighted by atomic mass is 9.85. The molecule has 1 aromatic carbocycles. The van der Waals surface area contributed by atoms with Gasteiger partial charge in [-0.3, -0.25) is 0 Å². The van der Waals surface area contributed by atoms with Crippen molar-refractivity contribution < 1.29 is 13.2 Å². The van der Waals surface area contributed by atoms with Gasteiger partial charge in [0, 0.05) is 19.9 Å². The first-order valence-corrected chi connectivity index (χ1v) is 10.1. The van der Waals surface area contributed by atoms with Crippen molar-refractivity contribution in [3.05, 3.63) is 47.0 Å². The SMILES string of the molecule is COCCn1cncc1CNS(=O)(=O)c1cc(C(C)(C)C)cc(C)c1C. The fourth-order valence-electron chi connectivity index (χ4n) is 2.67. The number of nitrogens with zero attached hydrogens (tertiary/aromatic N) is 2. The maximum absolute atomic E-state index is 12.9. The Morgan fingerprint density at radius 2 is 1.92 bits per heavy atom. The van der Waals surface area contributed by atoms with Gasteiger partial charge < -0.3 is 9.30 Å². The van der Waals surface area contributed by atoms with Crippen LogP contribution in [0.3, 0.4) is 0 Å². The Balaban J connectivity index is 2.28. The summed E-state index contributed by atoms with van der Waals surface area (Å²) in [5, 5.41) is 0. The molecule has 1 heterocycles. The van der Waals surface area contributed by atoms with E-state index in [9.17, 15) is 8.42 Å². The van der Waals surface area contributed by atoms with E-state index in [1.807, 2.05) is 18.4 Å². The third kappa shape index (κ3) is 4.72. The Bertz CT molecular complexity index is 865. The van der Waals surface area contributed by atoms with Crippen molar-refractivity contribution in [3.63, 3.8) is 0 Å². The lowest BCUT2D eigenvalue weighted by Gasteiger charge is -2.22. The third-order valence-electron chi connectivity index (χ3n) is 4.55. The van der Waals surface area contributed by atoms with Gasteiger partial charge in [0.15, 0.2) is 0 Å². The summed E-state index contributed by atoms with van der Waals surface area (Å²) in [4.78, 5) is 4.44. The fourth-order valence-corrected chi connectivity index (χ4v) is 4.01. The van der Waals surface area contributed by atoms with E-state index >= 15 is 0 Å². The molecular weight excluding hydrogens is 350 g/mol. The average Bonchev–Trinajstić information content (AvgIpc) is 2.99. The lowest BCUT2D eigenvalue weighted by molar-refractivity contribution is 0.186. The van der Waals surface area contributed by atoms with Gasteiger partial charge in [0.25, 0.3) is 0 Å². The lowest BCUT2D eigenvalue weighted by Crippen LogP contribution is -2.26. The number of nitrogens with one attached hydrogen (secondary N) is 1. The maximum atomic E-state index is 12.9. The molecule has 7 heteroatoms. The van der Waals surface area contributed by atoms with Crippen molar-refractivity contribution in [2.24, 2.45) is 0 Å². The summed E-state index contributed by atoms with van der Waals surface area (Å²) < 4.78 is 35.5. The molecule has 0 amide bonds. The van der Waals surface area contributed by atoms with Gasteiger partial charge in [0.1, 0.15) is 0 Å². The highest BCUT2D eigenvalue weighted by atomic mass is 32.2. The minimum atomic E-state index is -3.63. The molecule has 0 fully saturated rings. The number of aromatic nitrogens is 2. The van der Waals surface area contributed by atoms with Gasteiger partial charge in [-0.05, 0) is 42.0 Å². The molecule has 0 saturated carbocycles. The van der Waals surface area contributed by atoms with E-state index in [1.54, 1.807) is 25.7 Å². The van der Waals surface area contributed by atoms with Crippen LogP contribution >= 0.6 is 0 Å². The number of ether oxygens (including phenoxy) is 1. The summed E-state index contributed by atoms with van der Waals surface area (Å²) >= 11 is 0. The first-order chi connectivity index (χ1) is 12.1. The highest BCUT2D eigenvalue weighted by Gasteiger charge is 2.23. The number of sulfonamides is 1. The predicted molar refractivity (Wildman–Crippen MR) is 103 cm³/mol. The van der Waals surface area contributed by atoms with Gasteiger partial charge in [-0.25, -0.2) is 18.1 Å². The van der Waals surface area contributed by atoms with E-state index in [2.05, 4.69) is 36.5 Å². The number of aryl methyl sites for hydroxylation is 1. The van der Waals surface area contributed by atoms with Crippen LogP contribution in [0.1, 0.15) is 43.2 Å². The second-order valence-electron chi connectivity index (χ2n) is 7.56. The van der Waals surface area contributed by atoms with Crippen LogP contribution in [0.5, 0.6) is 0 Å². The molecule has 0 aliphatic heterocycles. The minimum absolute atomic E-state index is 0.124. The second kappa shape index (κ2) is 7.90. The quantitative estimate of drug-likeness (QED) is 0.803. The summed E-state index contributed by atoms with van der Waals surface area (Å²) in [6.07, 6.45) is 3.35. The molecule has 2 aromatic rings. The van der Waals surface area contributed by atoms with Crippen molar-refractivity contribution in [1.29, 1.82) is 0 Å². The average molecular weight is 380 g/mol. The molecule has 0 unspecified atom stereocenters. The smallest absolute Gasteiger partial charge is 0.241 e. The Morgan fingerprint density at radius 3 is 2.54 bits per heavy atom. The molecule has 0 saturated heterocycles. The second-order valence-corrected chi connectivity index (χ2v) is 9.30. The number of imidazole rings is 1. The van der Waals surface area contributed by atoms with Crippen LogP contribution in [-0.4, -0.2) is 31.7 Å². The molecule has 2 rings (SSSR count). The van der Waals surface area contributed by atoms with Crippen molar-refractivity contribution in [1.82, 2.24) is 14.3 Å². The number of hydrogen-bond acceptors (Lipinski definition) is 4. The van der Waals surface area contributed by atoms with E-state index in [4.69, 9.17) is 4.74 Å². The topological polar surface area (TPSA) is 73.2 Å². The van der Waals surface area contributed by atoms with Gasteiger partial charge in [0.05, 0.1) is 30.1 Å². The number of hydrogen-bond donors (Lipinski definition) is 1. The van der Waals surface area contributed by atoms with Gasteiger partial charge in [0.2, 0.25) is 10.0 Å². The minimum Gasteiger partial charge on any atom is -0.383 e. The molecule has 26 heavy (non-hydrogen) atoms. The van der Waals surface area contributed by atoms with Crippen molar-refractivity contribution in [2.75, 3.05) is 13.7 Å². The van der Waals surface area contributed by atoms with Crippen LogP contribution < -0.4 is 4.72 Å². The number of benzene rings is 1. The Hall–Kier alpha value is -1.70. The Morgan fingerprint density at radius 1 is 1.23 bits per heavy atom. The fraction of sp³-hybridized carbons (Fsp3) is 0.526. The molecule has 0 aliphatic rings. The Labute approximate surface area is 156 Å². The first-order valence-electron chi connectivity index (χ1n) is 8.65. The molecule has 0 atom stereocenters. The summed E-state index contributed by atoms with van der Waals surface area (Å²) in [7, 11) is -2.00. The summed E-state index contributed by atoms with van der Waals surface area (Å²) in [5.41, 5.74) is 3.43. The largest absolute Gasteiger partial charge is 0.383 e. The molecule has 6 nitrogen and oxygen atoms in total.